The Bertz CT molecular complexity index is 407. The van der Waals surface area contributed by atoms with Crippen LogP contribution in [0.25, 0.3) is 0 Å². The lowest BCUT2D eigenvalue weighted by molar-refractivity contribution is 0.0666. The Balaban J connectivity index is 0.00000133. The number of benzene rings is 1. The van der Waals surface area contributed by atoms with Gasteiger partial charge in [0.15, 0.2) is 0 Å². The fourth-order valence-electron chi connectivity index (χ4n) is 3.38. The Morgan fingerprint density at radius 2 is 2.00 bits per heavy atom. The van der Waals surface area contributed by atoms with E-state index >= 15 is 0 Å². The molecule has 0 aliphatic carbocycles. The summed E-state index contributed by atoms with van der Waals surface area (Å²) in [7, 11) is 0. The van der Waals surface area contributed by atoms with Crippen LogP contribution in [0.5, 0.6) is 0 Å². The number of hydrogen-bond acceptors (Lipinski definition) is 2. The zero-order chi connectivity index (χ0) is 12.4. The van der Waals surface area contributed by atoms with E-state index in [0.29, 0.717) is 6.04 Å². The molecule has 0 bridgehead atoms. The molecule has 19 heavy (non-hydrogen) atoms. The fourth-order valence-corrected chi connectivity index (χ4v) is 3.38. The summed E-state index contributed by atoms with van der Waals surface area (Å²) < 4.78 is 0. The molecule has 1 saturated heterocycles. The first-order valence-corrected chi connectivity index (χ1v) is 7.42. The number of rotatable bonds is 3. The van der Waals surface area contributed by atoms with Crippen molar-refractivity contribution in [2.75, 3.05) is 32.7 Å². The molecule has 3 rings (SSSR count). The molecule has 0 amide bonds. The van der Waals surface area contributed by atoms with Crippen molar-refractivity contribution in [1.29, 1.82) is 0 Å². The van der Waals surface area contributed by atoms with Crippen LogP contribution in [0.1, 0.15) is 36.9 Å². The molecule has 1 atom stereocenters. The highest BCUT2D eigenvalue weighted by Gasteiger charge is 2.31. The highest BCUT2D eigenvalue weighted by Crippen LogP contribution is 2.32. The van der Waals surface area contributed by atoms with Crippen molar-refractivity contribution in [3.63, 3.8) is 0 Å². The second kappa shape index (κ2) is 6.74. The second-order valence-corrected chi connectivity index (χ2v) is 5.65. The number of nitrogens with zero attached hydrogens (tertiary/aromatic N) is 2. The van der Waals surface area contributed by atoms with Gasteiger partial charge in [0.1, 0.15) is 0 Å². The average Bonchev–Trinajstić information content (AvgIpc) is 2.45. The van der Waals surface area contributed by atoms with Gasteiger partial charge < -0.3 is 4.90 Å². The van der Waals surface area contributed by atoms with Gasteiger partial charge in [-0.05, 0) is 30.5 Å². The van der Waals surface area contributed by atoms with E-state index in [4.69, 9.17) is 0 Å². The molecule has 0 radical (unpaired) electrons. The zero-order valence-electron chi connectivity index (χ0n) is 11.8. The first-order chi connectivity index (χ1) is 8.88. The van der Waals surface area contributed by atoms with E-state index in [-0.39, 0.29) is 12.4 Å². The lowest BCUT2D eigenvalue weighted by Crippen LogP contribution is -2.50. The molecule has 1 unspecified atom stereocenters. The minimum absolute atomic E-state index is 0. The Hall–Kier alpha value is -0.570. The summed E-state index contributed by atoms with van der Waals surface area (Å²) in [5.74, 6) is 0. The van der Waals surface area contributed by atoms with E-state index < -0.39 is 0 Å². The van der Waals surface area contributed by atoms with Crippen molar-refractivity contribution in [3.05, 3.63) is 35.4 Å². The molecule has 2 aliphatic heterocycles. The van der Waals surface area contributed by atoms with Crippen molar-refractivity contribution in [3.8, 4) is 0 Å². The van der Waals surface area contributed by atoms with Crippen LogP contribution < -0.4 is 0 Å². The smallest absolute Gasteiger partial charge is 0.0478 e. The SMILES string of the molecule is CCCCN1CCN2CCc3ccccc3C2C1.Cl. The summed E-state index contributed by atoms with van der Waals surface area (Å²) in [6.07, 6.45) is 3.89. The van der Waals surface area contributed by atoms with Crippen LogP contribution in [0.15, 0.2) is 24.3 Å². The third-order valence-corrected chi connectivity index (χ3v) is 4.49. The van der Waals surface area contributed by atoms with E-state index in [1.54, 1.807) is 11.1 Å². The van der Waals surface area contributed by atoms with Gasteiger partial charge >= 0.3 is 0 Å². The van der Waals surface area contributed by atoms with E-state index in [1.165, 1.54) is 52.0 Å². The van der Waals surface area contributed by atoms with Crippen LogP contribution in [0.4, 0.5) is 0 Å². The first-order valence-electron chi connectivity index (χ1n) is 7.42. The number of halogens is 1. The first kappa shape index (κ1) is 14.8. The minimum Gasteiger partial charge on any atom is -0.300 e. The monoisotopic (exact) mass is 280 g/mol. The van der Waals surface area contributed by atoms with Crippen LogP contribution in [-0.2, 0) is 6.42 Å². The number of piperazine rings is 1. The van der Waals surface area contributed by atoms with Gasteiger partial charge in [0, 0.05) is 32.2 Å². The van der Waals surface area contributed by atoms with Crippen molar-refractivity contribution >= 4 is 12.4 Å². The van der Waals surface area contributed by atoms with Gasteiger partial charge in [-0.1, -0.05) is 37.6 Å². The van der Waals surface area contributed by atoms with Crippen molar-refractivity contribution in [2.24, 2.45) is 0 Å². The largest absolute Gasteiger partial charge is 0.300 e. The molecule has 106 valence electrons. The number of hydrogen-bond donors (Lipinski definition) is 0. The Kier molecular flexibility index (Phi) is 5.26. The van der Waals surface area contributed by atoms with Crippen LogP contribution >= 0.6 is 12.4 Å². The summed E-state index contributed by atoms with van der Waals surface area (Å²) >= 11 is 0. The lowest BCUT2D eigenvalue weighted by Gasteiger charge is -2.45. The lowest BCUT2D eigenvalue weighted by atomic mass is 9.91. The van der Waals surface area contributed by atoms with E-state index in [0.717, 1.165) is 0 Å². The molecular formula is C16H25ClN2. The molecular weight excluding hydrogens is 256 g/mol. The average molecular weight is 281 g/mol. The highest BCUT2D eigenvalue weighted by atomic mass is 35.5. The van der Waals surface area contributed by atoms with E-state index in [2.05, 4.69) is 41.0 Å². The molecule has 0 aromatic heterocycles. The zero-order valence-corrected chi connectivity index (χ0v) is 12.7. The molecule has 2 heterocycles. The Labute approximate surface area is 123 Å². The molecule has 1 aromatic carbocycles. The quantitative estimate of drug-likeness (QED) is 0.839. The molecule has 0 N–H and O–H groups in total. The van der Waals surface area contributed by atoms with Gasteiger partial charge in [0.25, 0.3) is 0 Å². The van der Waals surface area contributed by atoms with Gasteiger partial charge in [0.05, 0.1) is 0 Å². The van der Waals surface area contributed by atoms with E-state index in [1.807, 2.05) is 0 Å². The standard InChI is InChI=1S/C16H24N2.ClH/c1-2-3-9-17-11-12-18-10-8-14-6-4-5-7-15(14)16(18)13-17;/h4-7,16H,2-3,8-13H2,1H3;1H. The van der Waals surface area contributed by atoms with Gasteiger partial charge in [-0.25, -0.2) is 0 Å². The molecule has 0 spiro atoms. The highest BCUT2D eigenvalue weighted by molar-refractivity contribution is 5.85. The Morgan fingerprint density at radius 3 is 2.84 bits per heavy atom. The van der Waals surface area contributed by atoms with E-state index in [9.17, 15) is 0 Å². The van der Waals surface area contributed by atoms with Gasteiger partial charge in [0.2, 0.25) is 0 Å². The maximum atomic E-state index is 2.69. The van der Waals surface area contributed by atoms with Crippen molar-refractivity contribution in [1.82, 2.24) is 9.80 Å². The molecule has 0 saturated carbocycles. The molecule has 1 aromatic rings. The van der Waals surface area contributed by atoms with Crippen LogP contribution in [0, 0.1) is 0 Å². The topological polar surface area (TPSA) is 6.48 Å². The third-order valence-electron chi connectivity index (χ3n) is 4.49. The predicted molar refractivity (Wildman–Crippen MR) is 83.1 cm³/mol. The predicted octanol–water partition coefficient (Wildman–Crippen LogP) is 3.12. The summed E-state index contributed by atoms with van der Waals surface area (Å²) in [6.45, 7) is 8.57. The van der Waals surface area contributed by atoms with Gasteiger partial charge in [-0.15, -0.1) is 12.4 Å². The minimum atomic E-state index is 0. The molecule has 1 fully saturated rings. The maximum Gasteiger partial charge on any atom is 0.0478 e. The van der Waals surface area contributed by atoms with Crippen LogP contribution in [0.2, 0.25) is 0 Å². The molecule has 2 nitrogen and oxygen atoms in total. The summed E-state index contributed by atoms with van der Waals surface area (Å²) in [6, 6.07) is 9.70. The van der Waals surface area contributed by atoms with Crippen LogP contribution in [-0.4, -0.2) is 42.5 Å². The fraction of sp³-hybridized carbons (Fsp3) is 0.625. The number of fused-ring (bicyclic) bond motifs is 3. The second-order valence-electron chi connectivity index (χ2n) is 5.65. The molecule has 2 aliphatic rings. The summed E-state index contributed by atoms with van der Waals surface area (Å²) in [5, 5.41) is 0. The maximum absolute atomic E-state index is 2.69. The van der Waals surface area contributed by atoms with Crippen LogP contribution in [0.3, 0.4) is 0 Å². The van der Waals surface area contributed by atoms with Gasteiger partial charge in [-0.2, -0.15) is 0 Å². The van der Waals surface area contributed by atoms with Crippen molar-refractivity contribution < 1.29 is 0 Å². The Morgan fingerprint density at radius 1 is 1.16 bits per heavy atom. The van der Waals surface area contributed by atoms with Gasteiger partial charge in [-0.3, -0.25) is 4.90 Å². The summed E-state index contributed by atoms with van der Waals surface area (Å²) in [4.78, 5) is 5.34. The van der Waals surface area contributed by atoms with Crippen molar-refractivity contribution in [2.45, 2.75) is 32.2 Å². The molecule has 3 heteroatoms. The third kappa shape index (κ3) is 3.13. The summed E-state index contributed by atoms with van der Waals surface area (Å²) in [5.41, 5.74) is 3.17. The normalized spacial score (nSPS) is 23.3. The number of unbranched alkanes of at least 4 members (excludes halogenated alkanes) is 1.